The van der Waals surface area contributed by atoms with Crippen LogP contribution >= 0.6 is 11.3 Å². The molecule has 2 aromatic carbocycles. The number of carboxylic acids is 1. The molecule has 0 aliphatic heterocycles. The maximum absolute atomic E-state index is 13.8. The van der Waals surface area contributed by atoms with E-state index in [1.54, 1.807) is 25.1 Å². The lowest BCUT2D eigenvalue weighted by atomic mass is 10.2. The van der Waals surface area contributed by atoms with Gasteiger partial charge in [-0.1, -0.05) is 42.5 Å². The minimum Gasteiger partial charge on any atom is -0.480 e. The van der Waals surface area contributed by atoms with Crippen LogP contribution in [0.15, 0.2) is 53.5 Å². The van der Waals surface area contributed by atoms with E-state index < -0.39 is 23.7 Å². The number of rotatable bonds is 4. The molecule has 0 bridgehead atoms. The molecule has 1 N–H and O–H groups in total. The number of para-hydroxylation sites is 1. The van der Waals surface area contributed by atoms with Gasteiger partial charge >= 0.3 is 5.97 Å². The van der Waals surface area contributed by atoms with E-state index in [-0.39, 0.29) is 10.4 Å². The molecule has 1 unspecified atom stereocenters. The van der Waals surface area contributed by atoms with Gasteiger partial charge in [-0.3, -0.25) is 4.79 Å². The average molecular weight is 358 g/mol. The lowest BCUT2D eigenvalue weighted by molar-refractivity contribution is -0.140. The SMILES string of the molecule is CCC(C(=O)O)n1c(=NC(=O)c2ccccc2F)sc2ccccc21. The summed E-state index contributed by atoms with van der Waals surface area (Å²) in [5.74, 6) is -2.40. The predicted octanol–water partition coefficient (Wildman–Crippen LogP) is 3.62. The highest BCUT2D eigenvalue weighted by atomic mass is 32.1. The minimum atomic E-state index is -1.01. The summed E-state index contributed by atoms with van der Waals surface area (Å²) in [6.07, 6.45) is 0.330. The van der Waals surface area contributed by atoms with Gasteiger partial charge in [-0.05, 0) is 30.7 Å². The van der Waals surface area contributed by atoms with Crippen LogP contribution in [0.4, 0.5) is 4.39 Å². The highest BCUT2D eigenvalue weighted by molar-refractivity contribution is 7.16. The molecule has 0 radical (unpaired) electrons. The lowest BCUT2D eigenvalue weighted by Crippen LogP contribution is -2.27. The maximum Gasteiger partial charge on any atom is 0.326 e. The van der Waals surface area contributed by atoms with E-state index in [9.17, 15) is 19.1 Å². The number of hydrogen-bond donors (Lipinski definition) is 1. The minimum absolute atomic E-state index is 0.144. The molecule has 3 aromatic rings. The fraction of sp³-hybridized carbons (Fsp3) is 0.167. The molecule has 0 saturated carbocycles. The summed E-state index contributed by atoms with van der Waals surface area (Å²) in [5, 5.41) is 9.52. The number of halogens is 1. The normalized spacial score (nSPS) is 13.1. The Morgan fingerprint density at radius 2 is 1.88 bits per heavy atom. The van der Waals surface area contributed by atoms with E-state index in [2.05, 4.69) is 4.99 Å². The molecule has 0 aliphatic rings. The summed E-state index contributed by atoms with van der Waals surface area (Å²) < 4.78 is 16.2. The number of aliphatic carboxylic acids is 1. The maximum atomic E-state index is 13.8. The number of thiazole rings is 1. The summed E-state index contributed by atoms with van der Waals surface area (Å²) in [5.41, 5.74) is 0.539. The number of carbonyl (C=O) groups is 2. The third-order valence-electron chi connectivity index (χ3n) is 3.82. The molecule has 0 saturated heterocycles. The molecule has 7 heteroatoms. The van der Waals surface area contributed by atoms with Crippen LogP contribution in [0, 0.1) is 5.82 Å². The number of amides is 1. The number of fused-ring (bicyclic) bond motifs is 1. The van der Waals surface area contributed by atoms with Crippen LogP contribution in [-0.4, -0.2) is 21.6 Å². The Balaban J connectivity index is 2.23. The third kappa shape index (κ3) is 3.23. The van der Waals surface area contributed by atoms with Gasteiger partial charge in [-0.2, -0.15) is 4.99 Å². The van der Waals surface area contributed by atoms with E-state index in [1.807, 2.05) is 12.1 Å². The standard InChI is InChI=1S/C18H15FN2O3S/c1-2-13(17(23)24)21-14-9-5-6-10-15(14)25-18(21)20-16(22)11-7-3-4-8-12(11)19/h3-10,13H,2H2,1H3,(H,23,24). The Bertz CT molecular complexity index is 1020. The van der Waals surface area contributed by atoms with Gasteiger partial charge in [-0.25, -0.2) is 9.18 Å². The van der Waals surface area contributed by atoms with Crippen molar-refractivity contribution in [3.63, 3.8) is 0 Å². The molecule has 1 atom stereocenters. The van der Waals surface area contributed by atoms with Gasteiger partial charge in [0, 0.05) is 0 Å². The molecule has 1 heterocycles. The first-order valence-electron chi connectivity index (χ1n) is 7.69. The zero-order chi connectivity index (χ0) is 18.0. The zero-order valence-corrected chi connectivity index (χ0v) is 14.2. The van der Waals surface area contributed by atoms with E-state index in [4.69, 9.17) is 0 Å². The summed E-state index contributed by atoms with van der Waals surface area (Å²) in [6, 6.07) is 12.0. The van der Waals surface area contributed by atoms with Crippen LogP contribution in [0.5, 0.6) is 0 Å². The molecule has 0 spiro atoms. The number of nitrogens with zero attached hydrogens (tertiary/aromatic N) is 2. The molecule has 0 aliphatic carbocycles. The second kappa shape index (κ2) is 6.98. The number of carbonyl (C=O) groups excluding carboxylic acids is 1. The van der Waals surface area contributed by atoms with Crippen molar-refractivity contribution < 1.29 is 19.1 Å². The first-order valence-corrected chi connectivity index (χ1v) is 8.51. The summed E-state index contributed by atoms with van der Waals surface area (Å²) in [4.78, 5) is 28.3. The Morgan fingerprint density at radius 1 is 1.20 bits per heavy atom. The number of benzene rings is 2. The Labute approximate surface area is 146 Å². The number of hydrogen-bond acceptors (Lipinski definition) is 3. The highest BCUT2D eigenvalue weighted by Gasteiger charge is 2.22. The number of carboxylic acid groups (broad SMARTS) is 1. The van der Waals surface area contributed by atoms with Crippen molar-refractivity contribution in [3.05, 3.63) is 64.7 Å². The summed E-state index contributed by atoms with van der Waals surface area (Å²) in [6.45, 7) is 1.75. The molecule has 3 rings (SSSR count). The molecule has 5 nitrogen and oxygen atoms in total. The van der Waals surface area contributed by atoms with E-state index >= 15 is 0 Å². The van der Waals surface area contributed by atoms with Gasteiger partial charge in [-0.15, -0.1) is 0 Å². The second-order valence-electron chi connectivity index (χ2n) is 5.38. The van der Waals surface area contributed by atoms with Crippen LogP contribution < -0.4 is 4.80 Å². The van der Waals surface area contributed by atoms with E-state index in [0.717, 1.165) is 4.70 Å². The van der Waals surface area contributed by atoms with Gasteiger partial charge in [0.1, 0.15) is 11.9 Å². The van der Waals surface area contributed by atoms with E-state index in [0.29, 0.717) is 11.9 Å². The molecular formula is C18H15FN2O3S. The first-order chi connectivity index (χ1) is 12.0. The molecule has 1 aromatic heterocycles. The van der Waals surface area contributed by atoms with Crippen LogP contribution in [0.25, 0.3) is 10.2 Å². The monoisotopic (exact) mass is 358 g/mol. The summed E-state index contributed by atoms with van der Waals surface area (Å²) in [7, 11) is 0. The van der Waals surface area contributed by atoms with Gasteiger partial charge in [0.15, 0.2) is 4.80 Å². The molecular weight excluding hydrogens is 343 g/mol. The first kappa shape index (κ1) is 17.0. The van der Waals surface area contributed by atoms with Gasteiger partial charge < -0.3 is 9.67 Å². The van der Waals surface area contributed by atoms with Crippen molar-refractivity contribution in [3.8, 4) is 0 Å². The number of aromatic nitrogens is 1. The van der Waals surface area contributed by atoms with Crippen LogP contribution in [-0.2, 0) is 4.79 Å². The zero-order valence-electron chi connectivity index (χ0n) is 13.3. The van der Waals surface area contributed by atoms with Crippen LogP contribution in [0.1, 0.15) is 29.7 Å². The Kier molecular flexibility index (Phi) is 4.76. The van der Waals surface area contributed by atoms with E-state index in [1.165, 1.54) is 34.1 Å². The molecule has 0 fully saturated rings. The fourth-order valence-electron chi connectivity index (χ4n) is 2.62. The van der Waals surface area contributed by atoms with Crippen LogP contribution in [0.3, 0.4) is 0 Å². The molecule has 25 heavy (non-hydrogen) atoms. The Hall–Kier alpha value is -2.80. The second-order valence-corrected chi connectivity index (χ2v) is 6.39. The van der Waals surface area contributed by atoms with Crippen molar-refractivity contribution >= 4 is 33.4 Å². The predicted molar refractivity (Wildman–Crippen MR) is 93.1 cm³/mol. The fourth-order valence-corrected chi connectivity index (χ4v) is 3.69. The van der Waals surface area contributed by atoms with Crippen molar-refractivity contribution in [2.45, 2.75) is 19.4 Å². The van der Waals surface area contributed by atoms with Gasteiger partial charge in [0.2, 0.25) is 0 Å². The summed E-state index contributed by atoms with van der Waals surface area (Å²) >= 11 is 1.20. The third-order valence-corrected chi connectivity index (χ3v) is 4.85. The van der Waals surface area contributed by atoms with Gasteiger partial charge in [0.25, 0.3) is 5.91 Å². The molecule has 128 valence electrons. The van der Waals surface area contributed by atoms with Crippen molar-refractivity contribution in [2.24, 2.45) is 4.99 Å². The van der Waals surface area contributed by atoms with Gasteiger partial charge in [0.05, 0.1) is 15.8 Å². The smallest absolute Gasteiger partial charge is 0.326 e. The largest absolute Gasteiger partial charge is 0.480 e. The van der Waals surface area contributed by atoms with Crippen molar-refractivity contribution in [1.82, 2.24) is 4.57 Å². The quantitative estimate of drug-likeness (QED) is 0.774. The highest BCUT2D eigenvalue weighted by Crippen LogP contribution is 2.22. The van der Waals surface area contributed by atoms with Crippen LogP contribution in [0.2, 0.25) is 0 Å². The Morgan fingerprint density at radius 3 is 2.56 bits per heavy atom. The molecule has 1 amide bonds. The average Bonchev–Trinajstić information content (AvgIpc) is 2.94. The van der Waals surface area contributed by atoms with Crippen molar-refractivity contribution in [2.75, 3.05) is 0 Å². The topological polar surface area (TPSA) is 71.7 Å². The lowest BCUT2D eigenvalue weighted by Gasteiger charge is -2.13. The van der Waals surface area contributed by atoms with Crippen molar-refractivity contribution in [1.29, 1.82) is 0 Å².